The van der Waals surface area contributed by atoms with E-state index in [4.69, 9.17) is 0 Å². The van der Waals surface area contributed by atoms with E-state index in [1.807, 2.05) is 25.1 Å². The van der Waals surface area contributed by atoms with Crippen molar-refractivity contribution in [2.75, 3.05) is 5.32 Å². The molecule has 0 saturated carbocycles. The van der Waals surface area contributed by atoms with Gasteiger partial charge in [0, 0.05) is 29.8 Å². The molecule has 0 fully saturated rings. The van der Waals surface area contributed by atoms with Crippen LogP contribution in [0.3, 0.4) is 0 Å². The van der Waals surface area contributed by atoms with Crippen molar-refractivity contribution in [2.45, 2.75) is 25.3 Å². The summed E-state index contributed by atoms with van der Waals surface area (Å²) in [6.07, 6.45) is 4.85. The smallest absolute Gasteiger partial charge is 0.275 e. The first-order valence-electron chi connectivity index (χ1n) is 8.43. The Hall–Kier alpha value is -3.22. The van der Waals surface area contributed by atoms with Crippen LogP contribution in [0, 0.1) is 33.1 Å². The maximum absolute atomic E-state index is 11.5. The fourth-order valence-corrected chi connectivity index (χ4v) is 4.16. The number of hydrogen-bond acceptors (Lipinski definition) is 5. The number of anilines is 1. The van der Waals surface area contributed by atoms with E-state index in [-0.39, 0.29) is 34.2 Å². The number of aryl methyl sites for hydroxylation is 1. The fraction of sp³-hybridized carbons (Fsp3) is 0.263. The lowest BCUT2D eigenvalue weighted by molar-refractivity contribution is -0.385. The summed E-state index contributed by atoms with van der Waals surface area (Å²) < 4.78 is 0. The van der Waals surface area contributed by atoms with Gasteiger partial charge in [-0.25, -0.2) is 0 Å². The molecule has 0 unspecified atom stereocenters. The number of nitrogens with zero attached hydrogens (tertiary/aromatic N) is 2. The minimum Gasteiger partial charge on any atom is -0.377 e. The van der Waals surface area contributed by atoms with Gasteiger partial charge in [0.05, 0.1) is 21.5 Å². The molecule has 2 aromatic carbocycles. The first kappa shape index (κ1) is 16.3. The zero-order valence-corrected chi connectivity index (χ0v) is 14.1. The van der Waals surface area contributed by atoms with Crippen LogP contribution in [0.4, 0.5) is 17.1 Å². The summed E-state index contributed by atoms with van der Waals surface area (Å²) in [5.74, 6) is 0.0146. The van der Waals surface area contributed by atoms with Crippen molar-refractivity contribution in [3.05, 3.63) is 85.5 Å². The number of hydrogen-bond donors (Lipinski definition) is 1. The van der Waals surface area contributed by atoms with Crippen molar-refractivity contribution in [1.82, 2.24) is 0 Å². The van der Waals surface area contributed by atoms with Crippen LogP contribution in [-0.4, -0.2) is 9.85 Å². The van der Waals surface area contributed by atoms with Gasteiger partial charge in [0.2, 0.25) is 0 Å². The normalized spacial score (nSPS) is 23.0. The number of non-ortho nitro benzene ring substituents is 1. The lowest BCUT2D eigenvalue weighted by atomic mass is 9.75. The first-order chi connectivity index (χ1) is 12.5. The Balaban J connectivity index is 1.85. The lowest BCUT2D eigenvalue weighted by Crippen LogP contribution is -2.30. The van der Waals surface area contributed by atoms with Gasteiger partial charge < -0.3 is 5.32 Å². The molecule has 1 aliphatic heterocycles. The van der Waals surface area contributed by atoms with Gasteiger partial charge in [-0.2, -0.15) is 0 Å². The van der Waals surface area contributed by atoms with Crippen molar-refractivity contribution < 1.29 is 9.85 Å². The molecule has 2 aromatic rings. The molecule has 0 aromatic heterocycles. The summed E-state index contributed by atoms with van der Waals surface area (Å²) >= 11 is 0. The highest BCUT2D eigenvalue weighted by molar-refractivity contribution is 5.70. The van der Waals surface area contributed by atoms with Crippen LogP contribution >= 0.6 is 0 Å². The predicted molar refractivity (Wildman–Crippen MR) is 97.3 cm³/mol. The topological polar surface area (TPSA) is 98.3 Å². The van der Waals surface area contributed by atoms with Gasteiger partial charge in [0.15, 0.2) is 0 Å². The third kappa shape index (κ3) is 2.44. The van der Waals surface area contributed by atoms with Crippen LogP contribution in [0.25, 0.3) is 0 Å². The molecule has 1 aliphatic carbocycles. The highest BCUT2D eigenvalue weighted by Gasteiger charge is 2.42. The minimum absolute atomic E-state index is 0.0494. The van der Waals surface area contributed by atoms with E-state index in [1.54, 1.807) is 24.3 Å². The Bertz CT molecular complexity index is 954. The second-order valence-electron chi connectivity index (χ2n) is 6.77. The van der Waals surface area contributed by atoms with Crippen LogP contribution < -0.4 is 5.32 Å². The van der Waals surface area contributed by atoms with Crippen LogP contribution in [0.5, 0.6) is 0 Å². The number of nitro benzene ring substituents is 2. The van der Waals surface area contributed by atoms with Crippen LogP contribution in [-0.2, 0) is 0 Å². The predicted octanol–water partition coefficient (Wildman–Crippen LogP) is 4.64. The van der Waals surface area contributed by atoms with Crippen LogP contribution in [0.1, 0.15) is 35.1 Å². The Morgan fingerprint density at radius 1 is 1.12 bits per heavy atom. The maximum atomic E-state index is 11.5. The van der Waals surface area contributed by atoms with E-state index >= 15 is 0 Å². The average Bonchev–Trinajstić information content (AvgIpc) is 3.11. The Kier molecular flexibility index (Phi) is 3.72. The zero-order chi connectivity index (χ0) is 18.4. The number of rotatable bonds is 3. The van der Waals surface area contributed by atoms with E-state index in [0.29, 0.717) is 0 Å². The summed E-state index contributed by atoms with van der Waals surface area (Å²) in [6, 6.07) is 9.79. The van der Waals surface area contributed by atoms with Crippen molar-refractivity contribution in [1.29, 1.82) is 0 Å². The average molecular weight is 351 g/mol. The molecule has 7 heteroatoms. The molecule has 3 atom stereocenters. The Morgan fingerprint density at radius 3 is 2.65 bits per heavy atom. The number of nitrogens with one attached hydrogen (secondary N) is 1. The first-order valence-corrected chi connectivity index (χ1v) is 8.43. The number of allylic oxidation sites excluding steroid dienone is 2. The maximum Gasteiger partial charge on any atom is 0.275 e. The summed E-state index contributed by atoms with van der Waals surface area (Å²) in [5, 5.41) is 26.1. The van der Waals surface area contributed by atoms with Gasteiger partial charge in [0.1, 0.15) is 0 Å². The SMILES string of the molecule is Cc1ccc([N+](=O)[O-])c2c1N[C@H](c1cccc([N+](=O)[O-])c1)[C@H]1CC=C[C@H]21. The van der Waals surface area contributed by atoms with E-state index in [1.165, 1.54) is 6.07 Å². The quantitative estimate of drug-likeness (QED) is 0.493. The minimum atomic E-state index is -0.402. The Morgan fingerprint density at radius 2 is 1.92 bits per heavy atom. The van der Waals surface area contributed by atoms with Gasteiger partial charge in [0.25, 0.3) is 11.4 Å². The standard InChI is InChI=1S/C19H17N3O4/c1-11-8-9-16(22(25)26)17-14-6-3-7-15(14)19(20-18(11)17)12-4-2-5-13(10-12)21(23)24/h2-6,8-10,14-15,19-20H,7H2,1H3/t14-,15-,19+/m0/s1. The number of fused-ring (bicyclic) bond motifs is 3. The molecule has 4 rings (SSSR count). The molecule has 7 nitrogen and oxygen atoms in total. The monoisotopic (exact) mass is 351 g/mol. The van der Waals surface area contributed by atoms with E-state index in [0.717, 1.165) is 28.8 Å². The molecule has 0 spiro atoms. The van der Waals surface area contributed by atoms with Gasteiger partial charge in [-0.3, -0.25) is 20.2 Å². The van der Waals surface area contributed by atoms with Crippen LogP contribution in [0.2, 0.25) is 0 Å². The molecule has 0 amide bonds. The third-order valence-corrected chi connectivity index (χ3v) is 5.34. The summed E-state index contributed by atoms with van der Waals surface area (Å²) in [6.45, 7) is 1.92. The van der Waals surface area contributed by atoms with E-state index in [9.17, 15) is 20.2 Å². The highest BCUT2D eigenvalue weighted by atomic mass is 16.6. The molecule has 1 heterocycles. The zero-order valence-electron chi connectivity index (χ0n) is 14.1. The highest BCUT2D eigenvalue weighted by Crippen LogP contribution is 2.53. The van der Waals surface area contributed by atoms with Gasteiger partial charge in [-0.15, -0.1) is 0 Å². The number of benzene rings is 2. The molecule has 0 bridgehead atoms. The van der Waals surface area contributed by atoms with Crippen molar-refractivity contribution in [3.8, 4) is 0 Å². The second kappa shape index (κ2) is 5.94. The molecule has 0 saturated heterocycles. The van der Waals surface area contributed by atoms with Crippen LogP contribution in [0.15, 0.2) is 48.6 Å². The van der Waals surface area contributed by atoms with E-state index in [2.05, 4.69) is 5.32 Å². The molecular weight excluding hydrogens is 334 g/mol. The van der Waals surface area contributed by atoms with Crippen molar-refractivity contribution in [3.63, 3.8) is 0 Å². The van der Waals surface area contributed by atoms with Gasteiger partial charge in [-0.1, -0.05) is 30.4 Å². The van der Waals surface area contributed by atoms with Crippen molar-refractivity contribution >= 4 is 17.1 Å². The molecule has 26 heavy (non-hydrogen) atoms. The summed E-state index contributed by atoms with van der Waals surface area (Å²) in [4.78, 5) is 21.9. The lowest BCUT2D eigenvalue weighted by Gasteiger charge is -2.37. The summed E-state index contributed by atoms with van der Waals surface area (Å²) in [5.41, 5.74) is 3.42. The molecule has 1 N–H and O–H groups in total. The Labute approximate surface area is 149 Å². The molecule has 2 aliphatic rings. The fourth-order valence-electron chi connectivity index (χ4n) is 4.16. The third-order valence-electron chi connectivity index (χ3n) is 5.34. The van der Waals surface area contributed by atoms with Crippen molar-refractivity contribution in [2.24, 2.45) is 5.92 Å². The molecular formula is C19H17N3O4. The number of nitro groups is 2. The largest absolute Gasteiger partial charge is 0.377 e. The van der Waals surface area contributed by atoms with Gasteiger partial charge >= 0.3 is 0 Å². The molecule has 0 radical (unpaired) electrons. The molecule has 132 valence electrons. The van der Waals surface area contributed by atoms with E-state index < -0.39 is 4.92 Å². The summed E-state index contributed by atoms with van der Waals surface area (Å²) in [7, 11) is 0. The van der Waals surface area contributed by atoms with Gasteiger partial charge in [-0.05, 0) is 30.4 Å². The second-order valence-corrected chi connectivity index (χ2v) is 6.77.